The summed E-state index contributed by atoms with van der Waals surface area (Å²) in [6, 6.07) is 0. The molecule has 2 rings (SSSR count). The molecular weight excluding hydrogens is 220 g/mol. The Morgan fingerprint density at radius 3 is 2.88 bits per heavy atom. The van der Waals surface area contributed by atoms with Crippen molar-refractivity contribution in [1.82, 2.24) is 14.7 Å². The van der Waals surface area contributed by atoms with Crippen molar-refractivity contribution in [2.75, 3.05) is 13.1 Å². The Hall–Kier alpha value is -1.85. The first-order valence-corrected chi connectivity index (χ1v) is 5.65. The lowest BCUT2D eigenvalue weighted by Crippen LogP contribution is -2.44. The van der Waals surface area contributed by atoms with Crippen LogP contribution in [0.25, 0.3) is 0 Å². The van der Waals surface area contributed by atoms with Gasteiger partial charge in [0.15, 0.2) is 0 Å². The highest BCUT2D eigenvalue weighted by molar-refractivity contribution is 5.94. The lowest BCUT2D eigenvalue weighted by atomic mass is 9.97. The van der Waals surface area contributed by atoms with Gasteiger partial charge in [0.1, 0.15) is 0 Å². The molecule has 0 aliphatic carbocycles. The molecular formula is C11H16N4O2. The summed E-state index contributed by atoms with van der Waals surface area (Å²) >= 11 is 0. The minimum Gasteiger partial charge on any atom is -0.369 e. The third-order valence-corrected chi connectivity index (χ3v) is 3.06. The summed E-state index contributed by atoms with van der Waals surface area (Å²) in [7, 11) is 1.76. The average Bonchev–Trinajstić information content (AvgIpc) is 2.75. The van der Waals surface area contributed by atoms with Crippen LogP contribution in [0.4, 0.5) is 0 Å². The number of carbonyl (C=O) groups excluding carboxylic acids is 2. The molecule has 1 aromatic heterocycles. The molecule has 17 heavy (non-hydrogen) atoms. The molecule has 1 atom stereocenters. The van der Waals surface area contributed by atoms with E-state index >= 15 is 0 Å². The van der Waals surface area contributed by atoms with E-state index < -0.39 is 0 Å². The minimum atomic E-state index is -0.325. The third kappa shape index (κ3) is 2.46. The number of aryl methyl sites for hydroxylation is 1. The van der Waals surface area contributed by atoms with Crippen LogP contribution in [-0.4, -0.2) is 39.6 Å². The summed E-state index contributed by atoms with van der Waals surface area (Å²) in [5.41, 5.74) is 5.83. The second-order valence-electron chi connectivity index (χ2n) is 4.40. The molecule has 1 fully saturated rings. The van der Waals surface area contributed by atoms with Gasteiger partial charge in [-0.3, -0.25) is 14.3 Å². The molecule has 0 aromatic carbocycles. The van der Waals surface area contributed by atoms with Crippen LogP contribution in [-0.2, 0) is 11.8 Å². The molecule has 1 saturated heterocycles. The van der Waals surface area contributed by atoms with E-state index in [9.17, 15) is 9.59 Å². The number of amides is 2. The first-order valence-electron chi connectivity index (χ1n) is 5.65. The van der Waals surface area contributed by atoms with E-state index in [0.29, 0.717) is 18.7 Å². The van der Waals surface area contributed by atoms with Gasteiger partial charge in [0.2, 0.25) is 5.91 Å². The lowest BCUT2D eigenvalue weighted by Gasteiger charge is -2.30. The van der Waals surface area contributed by atoms with Crippen molar-refractivity contribution in [2.24, 2.45) is 18.7 Å². The predicted octanol–water partition coefficient (Wildman–Crippen LogP) is -0.242. The molecule has 1 aromatic rings. The van der Waals surface area contributed by atoms with Crippen LogP contribution in [0.1, 0.15) is 23.2 Å². The highest BCUT2D eigenvalue weighted by atomic mass is 16.2. The Kier molecular flexibility index (Phi) is 3.12. The van der Waals surface area contributed by atoms with Crippen LogP contribution < -0.4 is 5.73 Å². The lowest BCUT2D eigenvalue weighted by molar-refractivity contribution is -0.123. The van der Waals surface area contributed by atoms with Crippen LogP contribution in [0.5, 0.6) is 0 Å². The molecule has 0 radical (unpaired) electrons. The van der Waals surface area contributed by atoms with Crippen molar-refractivity contribution in [3.63, 3.8) is 0 Å². The van der Waals surface area contributed by atoms with E-state index in [1.807, 2.05) is 0 Å². The number of hydrogen-bond acceptors (Lipinski definition) is 3. The standard InChI is InChI=1S/C11H16N4O2/c1-14-6-9(5-13-14)11(17)15-4-2-3-8(7-15)10(12)16/h5-6,8H,2-4,7H2,1H3,(H2,12,16). The van der Waals surface area contributed by atoms with Crippen LogP contribution >= 0.6 is 0 Å². The van der Waals surface area contributed by atoms with E-state index in [4.69, 9.17) is 5.73 Å². The fourth-order valence-corrected chi connectivity index (χ4v) is 2.11. The van der Waals surface area contributed by atoms with E-state index in [0.717, 1.165) is 12.8 Å². The Balaban J connectivity index is 2.07. The Labute approximate surface area is 99.4 Å². The molecule has 1 unspecified atom stereocenters. The monoisotopic (exact) mass is 236 g/mol. The first-order chi connectivity index (χ1) is 8.08. The van der Waals surface area contributed by atoms with Crippen LogP contribution in [0.3, 0.4) is 0 Å². The van der Waals surface area contributed by atoms with E-state index in [1.54, 1.807) is 22.8 Å². The van der Waals surface area contributed by atoms with Crippen molar-refractivity contribution in [1.29, 1.82) is 0 Å². The summed E-state index contributed by atoms with van der Waals surface area (Å²) in [6.07, 6.45) is 4.80. The Bertz CT molecular complexity index is 440. The number of aromatic nitrogens is 2. The van der Waals surface area contributed by atoms with Gasteiger partial charge in [-0.25, -0.2) is 0 Å². The SMILES string of the molecule is Cn1cc(C(=O)N2CCCC(C(N)=O)C2)cn1. The van der Waals surface area contributed by atoms with E-state index in [-0.39, 0.29) is 17.7 Å². The number of rotatable bonds is 2. The van der Waals surface area contributed by atoms with Gasteiger partial charge < -0.3 is 10.6 Å². The van der Waals surface area contributed by atoms with Gasteiger partial charge in [-0.2, -0.15) is 5.10 Å². The van der Waals surface area contributed by atoms with Crippen LogP contribution in [0, 0.1) is 5.92 Å². The summed E-state index contributed by atoms with van der Waals surface area (Å²) in [5.74, 6) is -0.623. The topological polar surface area (TPSA) is 81.2 Å². The molecule has 0 bridgehead atoms. The maximum absolute atomic E-state index is 12.1. The maximum atomic E-state index is 12.1. The zero-order valence-corrected chi connectivity index (χ0v) is 9.80. The molecule has 0 saturated carbocycles. The van der Waals surface area contributed by atoms with Gasteiger partial charge in [0.25, 0.3) is 5.91 Å². The normalized spacial score (nSPS) is 20.3. The van der Waals surface area contributed by atoms with Crippen molar-refractivity contribution < 1.29 is 9.59 Å². The number of primary amides is 1. The molecule has 2 N–H and O–H groups in total. The van der Waals surface area contributed by atoms with E-state index in [2.05, 4.69) is 5.10 Å². The smallest absolute Gasteiger partial charge is 0.257 e. The van der Waals surface area contributed by atoms with Crippen LogP contribution in [0.15, 0.2) is 12.4 Å². The number of nitrogens with zero attached hydrogens (tertiary/aromatic N) is 3. The molecule has 6 heteroatoms. The molecule has 2 amide bonds. The highest BCUT2D eigenvalue weighted by Gasteiger charge is 2.27. The van der Waals surface area contributed by atoms with Gasteiger partial charge in [0, 0.05) is 26.3 Å². The molecule has 0 spiro atoms. The van der Waals surface area contributed by atoms with Gasteiger partial charge >= 0.3 is 0 Å². The second-order valence-corrected chi connectivity index (χ2v) is 4.40. The van der Waals surface area contributed by atoms with Crippen LogP contribution in [0.2, 0.25) is 0 Å². The number of carbonyl (C=O) groups is 2. The fourth-order valence-electron chi connectivity index (χ4n) is 2.11. The minimum absolute atomic E-state index is 0.0796. The summed E-state index contributed by atoms with van der Waals surface area (Å²) in [5, 5.41) is 3.96. The summed E-state index contributed by atoms with van der Waals surface area (Å²) in [6.45, 7) is 1.10. The quantitative estimate of drug-likeness (QED) is 0.769. The number of likely N-dealkylation sites (tertiary alicyclic amines) is 1. The number of nitrogens with two attached hydrogens (primary N) is 1. The van der Waals surface area contributed by atoms with Crippen molar-refractivity contribution in [3.05, 3.63) is 18.0 Å². The number of piperidine rings is 1. The zero-order valence-electron chi connectivity index (χ0n) is 9.80. The zero-order chi connectivity index (χ0) is 12.4. The van der Waals surface area contributed by atoms with Crippen molar-refractivity contribution in [2.45, 2.75) is 12.8 Å². The van der Waals surface area contributed by atoms with E-state index in [1.165, 1.54) is 6.20 Å². The summed E-state index contributed by atoms with van der Waals surface area (Å²) < 4.78 is 1.59. The van der Waals surface area contributed by atoms with Gasteiger partial charge in [-0.05, 0) is 12.8 Å². The largest absolute Gasteiger partial charge is 0.369 e. The predicted molar refractivity (Wildman–Crippen MR) is 61.0 cm³/mol. The van der Waals surface area contributed by atoms with Crippen molar-refractivity contribution >= 4 is 11.8 Å². The fraction of sp³-hybridized carbons (Fsp3) is 0.545. The average molecular weight is 236 g/mol. The van der Waals surface area contributed by atoms with Gasteiger partial charge in [-0.15, -0.1) is 0 Å². The van der Waals surface area contributed by atoms with Gasteiger partial charge in [-0.1, -0.05) is 0 Å². The number of hydrogen-bond donors (Lipinski definition) is 1. The molecule has 2 heterocycles. The highest BCUT2D eigenvalue weighted by Crippen LogP contribution is 2.18. The molecule has 6 nitrogen and oxygen atoms in total. The second kappa shape index (κ2) is 4.57. The molecule has 1 aliphatic heterocycles. The Morgan fingerprint density at radius 1 is 1.53 bits per heavy atom. The van der Waals surface area contributed by atoms with Crippen molar-refractivity contribution in [3.8, 4) is 0 Å². The Morgan fingerprint density at radius 2 is 2.29 bits per heavy atom. The summed E-state index contributed by atoms with van der Waals surface area (Å²) in [4.78, 5) is 24.9. The molecule has 92 valence electrons. The first kappa shape index (κ1) is 11.6. The third-order valence-electron chi connectivity index (χ3n) is 3.06. The maximum Gasteiger partial charge on any atom is 0.257 e. The van der Waals surface area contributed by atoms with Gasteiger partial charge in [0.05, 0.1) is 17.7 Å². The molecule has 1 aliphatic rings.